The Hall–Kier alpha value is -2.77. The predicted octanol–water partition coefficient (Wildman–Crippen LogP) is 4.58. The fourth-order valence-corrected chi connectivity index (χ4v) is 4.38. The van der Waals surface area contributed by atoms with E-state index in [9.17, 15) is 19.1 Å². The molecule has 5 nitrogen and oxygen atoms in total. The first-order valence-corrected chi connectivity index (χ1v) is 9.15. The van der Waals surface area contributed by atoms with Crippen molar-refractivity contribution in [3.05, 3.63) is 70.2 Å². The third-order valence-corrected chi connectivity index (χ3v) is 5.57. The normalized spacial score (nSPS) is 17.2. The zero-order valence-electron chi connectivity index (χ0n) is 13.9. The second-order valence-electron chi connectivity index (χ2n) is 6.06. The molecule has 0 saturated heterocycles. The average Bonchev–Trinajstić information content (AvgIpc) is 3.14. The number of nitrogens with zero attached hydrogens (tertiary/aromatic N) is 2. The lowest BCUT2D eigenvalue weighted by Crippen LogP contribution is -2.30. The molecule has 0 spiro atoms. The quantitative estimate of drug-likeness (QED) is 0.696. The van der Waals surface area contributed by atoms with Gasteiger partial charge in [-0.15, -0.1) is 0 Å². The monoisotopic (exact) mass is 402 g/mol. The zero-order chi connectivity index (χ0) is 19.3. The van der Waals surface area contributed by atoms with Crippen molar-refractivity contribution in [1.82, 2.24) is 4.98 Å². The van der Waals surface area contributed by atoms with Crippen LogP contribution in [0.25, 0.3) is 10.2 Å². The van der Waals surface area contributed by atoms with Crippen LogP contribution in [0.4, 0.5) is 9.52 Å². The summed E-state index contributed by atoms with van der Waals surface area (Å²) in [6.45, 7) is 1.27. The molecule has 1 N–H and O–H groups in total. The number of carbonyl (C=O) groups excluding carboxylic acids is 2. The summed E-state index contributed by atoms with van der Waals surface area (Å²) in [6, 6.07) is 9.69. The smallest absolute Gasteiger partial charge is 0.296 e. The molecule has 136 valence electrons. The van der Waals surface area contributed by atoms with E-state index in [4.69, 9.17) is 11.6 Å². The van der Waals surface area contributed by atoms with Crippen molar-refractivity contribution in [3.63, 3.8) is 0 Å². The Morgan fingerprint density at radius 3 is 2.63 bits per heavy atom. The Labute approximate surface area is 162 Å². The second kappa shape index (κ2) is 6.44. The summed E-state index contributed by atoms with van der Waals surface area (Å²) >= 11 is 7.23. The van der Waals surface area contributed by atoms with E-state index in [1.165, 1.54) is 47.4 Å². The van der Waals surface area contributed by atoms with Crippen LogP contribution >= 0.6 is 22.9 Å². The topological polar surface area (TPSA) is 70.5 Å². The van der Waals surface area contributed by atoms with Crippen LogP contribution in [0, 0.1) is 5.82 Å². The van der Waals surface area contributed by atoms with Gasteiger partial charge in [0.25, 0.3) is 5.91 Å². The van der Waals surface area contributed by atoms with Gasteiger partial charge in [-0.3, -0.25) is 14.5 Å². The molecular weight excluding hydrogens is 391 g/mol. The highest BCUT2D eigenvalue weighted by Gasteiger charge is 2.44. The van der Waals surface area contributed by atoms with E-state index in [2.05, 4.69) is 4.98 Å². The molecule has 8 heteroatoms. The number of thiazole rings is 1. The number of Topliss-reactive ketones (excluding diaryl/α,β-unsaturated/α-hetero) is 1. The van der Waals surface area contributed by atoms with Gasteiger partial charge in [-0.25, -0.2) is 9.37 Å². The van der Waals surface area contributed by atoms with Gasteiger partial charge in [0.05, 0.1) is 21.8 Å². The van der Waals surface area contributed by atoms with Crippen LogP contribution in [-0.4, -0.2) is 21.8 Å². The van der Waals surface area contributed by atoms with Gasteiger partial charge in [-0.05, 0) is 42.8 Å². The minimum Gasteiger partial charge on any atom is -0.503 e. The Bertz CT molecular complexity index is 1120. The van der Waals surface area contributed by atoms with E-state index in [-0.39, 0.29) is 5.57 Å². The summed E-state index contributed by atoms with van der Waals surface area (Å²) in [4.78, 5) is 30.6. The van der Waals surface area contributed by atoms with Gasteiger partial charge in [0, 0.05) is 5.02 Å². The summed E-state index contributed by atoms with van der Waals surface area (Å²) in [5.41, 5.74) is 1.10. The van der Waals surface area contributed by atoms with Gasteiger partial charge in [0.15, 0.2) is 16.7 Å². The van der Waals surface area contributed by atoms with Crippen molar-refractivity contribution in [2.45, 2.75) is 13.0 Å². The van der Waals surface area contributed by atoms with E-state index in [0.29, 0.717) is 21.2 Å². The first-order chi connectivity index (χ1) is 12.9. The molecule has 1 aliphatic heterocycles. The van der Waals surface area contributed by atoms with Crippen molar-refractivity contribution in [2.24, 2.45) is 0 Å². The molecule has 0 saturated carbocycles. The largest absolute Gasteiger partial charge is 0.503 e. The van der Waals surface area contributed by atoms with E-state index in [1.807, 2.05) is 0 Å². The summed E-state index contributed by atoms with van der Waals surface area (Å²) in [5.74, 6) is -2.22. The number of amides is 1. The van der Waals surface area contributed by atoms with Gasteiger partial charge < -0.3 is 5.11 Å². The number of ketones is 1. The number of aromatic nitrogens is 1. The van der Waals surface area contributed by atoms with Crippen molar-refractivity contribution < 1.29 is 19.1 Å². The molecule has 1 unspecified atom stereocenters. The summed E-state index contributed by atoms with van der Waals surface area (Å²) in [5, 5.41) is 11.2. The fraction of sp³-hybridized carbons (Fsp3) is 0.105. The predicted molar refractivity (Wildman–Crippen MR) is 102 cm³/mol. The third kappa shape index (κ3) is 2.89. The zero-order valence-corrected chi connectivity index (χ0v) is 15.5. The summed E-state index contributed by atoms with van der Waals surface area (Å²) in [6.07, 6.45) is 0. The van der Waals surface area contributed by atoms with E-state index in [0.717, 1.165) is 4.70 Å². The van der Waals surface area contributed by atoms with Crippen molar-refractivity contribution in [3.8, 4) is 0 Å². The number of anilines is 1. The maximum Gasteiger partial charge on any atom is 0.296 e. The minimum absolute atomic E-state index is 0.0381. The molecule has 0 radical (unpaired) electrons. The number of aliphatic hydroxyl groups is 1. The van der Waals surface area contributed by atoms with Gasteiger partial charge in [-0.1, -0.05) is 35.1 Å². The van der Waals surface area contributed by atoms with E-state index in [1.54, 1.807) is 18.2 Å². The maximum absolute atomic E-state index is 13.3. The lowest BCUT2D eigenvalue weighted by Gasteiger charge is -2.24. The minimum atomic E-state index is -0.883. The maximum atomic E-state index is 13.3. The number of carbonyl (C=O) groups is 2. The molecule has 1 amide bonds. The molecule has 2 aromatic carbocycles. The second-order valence-corrected chi connectivity index (χ2v) is 7.50. The highest BCUT2D eigenvalue weighted by Crippen LogP contribution is 2.43. The fourth-order valence-electron chi connectivity index (χ4n) is 3.11. The molecule has 3 aromatic rings. The highest BCUT2D eigenvalue weighted by molar-refractivity contribution is 7.22. The standard InChI is InChI=1S/C19H12ClFN2O3S/c1-9(24)15-16(10-2-5-12(21)6-3-10)23(18(26)17(15)25)19-22-13-7-4-11(20)8-14(13)27-19/h2-8,16,25H,1H3. The number of fused-ring (bicyclic) bond motifs is 1. The van der Waals surface area contributed by atoms with Crippen LogP contribution < -0.4 is 4.90 Å². The number of aliphatic hydroxyl groups excluding tert-OH is 1. The number of rotatable bonds is 3. The van der Waals surface area contributed by atoms with Crippen molar-refractivity contribution in [2.75, 3.05) is 4.90 Å². The van der Waals surface area contributed by atoms with Crippen LogP contribution in [0.3, 0.4) is 0 Å². The number of hydrogen-bond acceptors (Lipinski definition) is 5. The van der Waals surface area contributed by atoms with E-state index >= 15 is 0 Å². The lowest BCUT2D eigenvalue weighted by molar-refractivity contribution is -0.117. The SMILES string of the molecule is CC(=O)C1=C(O)C(=O)N(c2nc3ccc(Cl)cc3s2)C1c1ccc(F)cc1. The van der Waals surface area contributed by atoms with Crippen molar-refractivity contribution >= 4 is 50.0 Å². The molecule has 1 atom stereocenters. The Morgan fingerprint density at radius 2 is 1.96 bits per heavy atom. The van der Waals surface area contributed by atoms with Gasteiger partial charge in [0.2, 0.25) is 0 Å². The molecule has 0 bridgehead atoms. The van der Waals surface area contributed by atoms with E-state index < -0.39 is 29.3 Å². The molecule has 1 aromatic heterocycles. The summed E-state index contributed by atoms with van der Waals surface area (Å²) < 4.78 is 14.1. The molecule has 27 heavy (non-hydrogen) atoms. The van der Waals surface area contributed by atoms with Gasteiger partial charge >= 0.3 is 0 Å². The van der Waals surface area contributed by atoms with Crippen molar-refractivity contribution in [1.29, 1.82) is 0 Å². The van der Waals surface area contributed by atoms with Gasteiger partial charge in [0.1, 0.15) is 5.82 Å². The van der Waals surface area contributed by atoms with Crippen LogP contribution in [0.15, 0.2) is 53.8 Å². The first kappa shape index (κ1) is 17.6. The van der Waals surface area contributed by atoms with Crippen LogP contribution in [0.1, 0.15) is 18.5 Å². The number of hydrogen-bond donors (Lipinski definition) is 1. The lowest BCUT2D eigenvalue weighted by atomic mass is 9.97. The molecule has 2 heterocycles. The Balaban J connectivity index is 1.89. The molecule has 4 rings (SSSR count). The molecule has 0 fully saturated rings. The molecular formula is C19H12ClFN2O3S. The van der Waals surface area contributed by atoms with Gasteiger partial charge in [-0.2, -0.15) is 0 Å². The van der Waals surface area contributed by atoms with Crippen LogP contribution in [-0.2, 0) is 9.59 Å². The molecule has 1 aliphatic rings. The average molecular weight is 403 g/mol. The first-order valence-electron chi connectivity index (χ1n) is 7.96. The number of halogens is 2. The van der Waals surface area contributed by atoms with Crippen LogP contribution in [0.2, 0.25) is 5.02 Å². The Morgan fingerprint density at radius 1 is 1.26 bits per heavy atom. The third-order valence-electron chi connectivity index (χ3n) is 4.32. The Kier molecular flexibility index (Phi) is 4.20. The summed E-state index contributed by atoms with van der Waals surface area (Å²) in [7, 11) is 0. The highest BCUT2D eigenvalue weighted by atomic mass is 35.5. The molecule has 0 aliphatic carbocycles. The number of benzene rings is 2. The van der Waals surface area contributed by atoms with Crippen LogP contribution in [0.5, 0.6) is 0 Å².